The van der Waals surface area contributed by atoms with Crippen LogP contribution in [0, 0.1) is 11.3 Å². The average molecular weight is 225 g/mol. The van der Waals surface area contributed by atoms with Crippen molar-refractivity contribution in [1.82, 2.24) is 4.90 Å². The maximum Gasteiger partial charge on any atom is 0.0594 e. The fourth-order valence-electron chi connectivity index (χ4n) is 3.22. The van der Waals surface area contributed by atoms with Crippen LogP contribution in [0.3, 0.4) is 0 Å². The monoisotopic (exact) mass is 225 g/mol. The van der Waals surface area contributed by atoms with E-state index >= 15 is 0 Å². The molecule has 0 amide bonds. The highest BCUT2D eigenvalue weighted by Crippen LogP contribution is 2.39. The van der Waals surface area contributed by atoms with Gasteiger partial charge in [-0.1, -0.05) is 27.2 Å². The van der Waals surface area contributed by atoms with Crippen molar-refractivity contribution >= 4 is 0 Å². The summed E-state index contributed by atoms with van der Waals surface area (Å²) in [5.74, 6) is 0.911. The molecule has 0 aromatic heterocycles. The van der Waals surface area contributed by atoms with Crippen LogP contribution >= 0.6 is 0 Å². The number of nitrogens with zero attached hydrogens (tertiary/aromatic N) is 1. The molecule has 0 radical (unpaired) electrons. The third-order valence-corrected chi connectivity index (χ3v) is 4.43. The average Bonchev–Trinajstić information content (AvgIpc) is 2.29. The predicted octanol–water partition coefficient (Wildman–Crippen LogP) is 2.92. The standard InChI is InChI=1S/C14H27NO/c1-14(2,3)12-5-4-6-13(11-12)15-7-9-16-10-8-15/h12-13H,4-11H2,1-3H3. The van der Waals surface area contributed by atoms with Gasteiger partial charge in [0, 0.05) is 19.1 Å². The van der Waals surface area contributed by atoms with Crippen molar-refractivity contribution in [2.45, 2.75) is 52.5 Å². The van der Waals surface area contributed by atoms with Crippen molar-refractivity contribution in [2.75, 3.05) is 26.3 Å². The van der Waals surface area contributed by atoms with E-state index in [1.165, 1.54) is 25.7 Å². The predicted molar refractivity (Wildman–Crippen MR) is 67.6 cm³/mol. The molecule has 1 saturated heterocycles. The second kappa shape index (κ2) is 5.05. The Morgan fingerprint density at radius 1 is 1.06 bits per heavy atom. The number of hydrogen-bond acceptors (Lipinski definition) is 2. The van der Waals surface area contributed by atoms with Gasteiger partial charge in [0.15, 0.2) is 0 Å². The molecule has 2 fully saturated rings. The highest BCUT2D eigenvalue weighted by Gasteiger charge is 2.33. The van der Waals surface area contributed by atoms with Crippen LogP contribution in [0.25, 0.3) is 0 Å². The summed E-state index contributed by atoms with van der Waals surface area (Å²) in [5, 5.41) is 0. The van der Waals surface area contributed by atoms with Gasteiger partial charge >= 0.3 is 0 Å². The molecule has 1 heterocycles. The lowest BCUT2D eigenvalue weighted by Gasteiger charge is -2.43. The summed E-state index contributed by atoms with van der Waals surface area (Å²) >= 11 is 0. The van der Waals surface area contributed by atoms with E-state index in [1.807, 2.05) is 0 Å². The van der Waals surface area contributed by atoms with Gasteiger partial charge in [0.2, 0.25) is 0 Å². The Morgan fingerprint density at radius 2 is 1.75 bits per heavy atom. The molecule has 1 aliphatic heterocycles. The van der Waals surface area contributed by atoms with E-state index in [9.17, 15) is 0 Å². The van der Waals surface area contributed by atoms with Crippen molar-refractivity contribution in [3.8, 4) is 0 Å². The van der Waals surface area contributed by atoms with Crippen LogP contribution in [0.15, 0.2) is 0 Å². The SMILES string of the molecule is CC(C)(C)C1CCCC(N2CCOCC2)C1. The summed E-state index contributed by atoms with van der Waals surface area (Å²) in [7, 11) is 0. The van der Waals surface area contributed by atoms with Crippen LogP contribution in [-0.2, 0) is 4.74 Å². The first kappa shape index (κ1) is 12.4. The van der Waals surface area contributed by atoms with Gasteiger partial charge in [0.05, 0.1) is 13.2 Å². The lowest BCUT2D eigenvalue weighted by Crippen LogP contribution is -2.46. The largest absolute Gasteiger partial charge is 0.379 e. The van der Waals surface area contributed by atoms with E-state index in [1.54, 1.807) is 0 Å². The Morgan fingerprint density at radius 3 is 2.38 bits per heavy atom. The molecule has 0 spiro atoms. The molecule has 2 aliphatic rings. The molecule has 0 bridgehead atoms. The summed E-state index contributed by atoms with van der Waals surface area (Å²) in [6.45, 7) is 11.4. The third kappa shape index (κ3) is 2.98. The van der Waals surface area contributed by atoms with Gasteiger partial charge in [-0.05, 0) is 30.6 Å². The molecular weight excluding hydrogens is 198 g/mol. The summed E-state index contributed by atoms with van der Waals surface area (Å²) < 4.78 is 5.44. The van der Waals surface area contributed by atoms with E-state index in [0.29, 0.717) is 5.41 Å². The first-order valence-corrected chi connectivity index (χ1v) is 6.89. The lowest BCUT2D eigenvalue weighted by atomic mass is 9.70. The number of hydrogen-bond donors (Lipinski definition) is 0. The molecular formula is C14H27NO. The normalized spacial score (nSPS) is 33.9. The Hall–Kier alpha value is -0.0800. The minimum Gasteiger partial charge on any atom is -0.379 e. The Kier molecular flexibility index (Phi) is 3.91. The molecule has 0 N–H and O–H groups in total. The van der Waals surface area contributed by atoms with E-state index < -0.39 is 0 Å². The molecule has 1 aliphatic carbocycles. The van der Waals surface area contributed by atoms with E-state index in [0.717, 1.165) is 38.3 Å². The first-order valence-electron chi connectivity index (χ1n) is 6.89. The van der Waals surface area contributed by atoms with Crippen LogP contribution in [0.1, 0.15) is 46.5 Å². The van der Waals surface area contributed by atoms with E-state index in [4.69, 9.17) is 4.74 Å². The fraction of sp³-hybridized carbons (Fsp3) is 1.00. The van der Waals surface area contributed by atoms with Crippen molar-refractivity contribution in [3.05, 3.63) is 0 Å². The van der Waals surface area contributed by atoms with Gasteiger partial charge in [0.25, 0.3) is 0 Å². The molecule has 2 nitrogen and oxygen atoms in total. The topological polar surface area (TPSA) is 12.5 Å². The van der Waals surface area contributed by atoms with Gasteiger partial charge in [-0.15, -0.1) is 0 Å². The minimum atomic E-state index is 0.491. The van der Waals surface area contributed by atoms with Gasteiger partial charge in [-0.3, -0.25) is 4.90 Å². The van der Waals surface area contributed by atoms with Gasteiger partial charge in [-0.25, -0.2) is 0 Å². The minimum absolute atomic E-state index is 0.491. The van der Waals surface area contributed by atoms with Crippen LogP contribution in [0.5, 0.6) is 0 Å². The fourth-order valence-corrected chi connectivity index (χ4v) is 3.22. The number of rotatable bonds is 1. The summed E-state index contributed by atoms with van der Waals surface area (Å²) in [6, 6.07) is 0.835. The van der Waals surface area contributed by atoms with Crippen LogP contribution < -0.4 is 0 Å². The quantitative estimate of drug-likeness (QED) is 0.680. The van der Waals surface area contributed by atoms with Crippen molar-refractivity contribution in [3.63, 3.8) is 0 Å². The molecule has 2 rings (SSSR count). The second-order valence-electron chi connectivity index (χ2n) is 6.53. The molecule has 94 valence electrons. The molecule has 2 atom stereocenters. The van der Waals surface area contributed by atoms with Gasteiger partial charge in [0.1, 0.15) is 0 Å². The summed E-state index contributed by atoms with van der Waals surface area (Å²) in [4.78, 5) is 2.67. The number of morpholine rings is 1. The molecule has 0 aromatic rings. The summed E-state index contributed by atoms with van der Waals surface area (Å²) in [6.07, 6.45) is 5.67. The van der Waals surface area contributed by atoms with Gasteiger partial charge in [-0.2, -0.15) is 0 Å². The lowest BCUT2D eigenvalue weighted by molar-refractivity contribution is -0.00544. The van der Waals surface area contributed by atoms with Crippen LogP contribution in [-0.4, -0.2) is 37.2 Å². The highest BCUT2D eigenvalue weighted by atomic mass is 16.5. The zero-order chi connectivity index (χ0) is 11.6. The number of ether oxygens (including phenoxy) is 1. The van der Waals surface area contributed by atoms with E-state index in [-0.39, 0.29) is 0 Å². The molecule has 1 saturated carbocycles. The molecule has 2 heteroatoms. The second-order valence-corrected chi connectivity index (χ2v) is 6.53. The Labute approximate surface area is 100 Å². The third-order valence-electron chi connectivity index (χ3n) is 4.43. The van der Waals surface area contributed by atoms with Gasteiger partial charge < -0.3 is 4.74 Å². The zero-order valence-electron chi connectivity index (χ0n) is 11.2. The highest BCUT2D eigenvalue weighted by molar-refractivity contribution is 4.86. The van der Waals surface area contributed by atoms with E-state index in [2.05, 4.69) is 25.7 Å². The van der Waals surface area contributed by atoms with Crippen LogP contribution in [0.2, 0.25) is 0 Å². The zero-order valence-corrected chi connectivity index (χ0v) is 11.2. The maximum atomic E-state index is 5.44. The molecule has 16 heavy (non-hydrogen) atoms. The summed E-state index contributed by atoms with van der Waals surface area (Å²) in [5.41, 5.74) is 0.491. The molecule has 2 unspecified atom stereocenters. The Bertz CT molecular complexity index is 215. The molecule has 0 aromatic carbocycles. The van der Waals surface area contributed by atoms with Crippen LogP contribution in [0.4, 0.5) is 0 Å². The van der Waals surface area contributed by atoms with Crippen molar-refractivity contribution in [1.29, 1.82) is 0 Å². The van der Waals surface area contributed by atoms with Crippen molar-refractivity contribution < 1.29 is 4.74 Å². The van der Waals surface area contributed by atoms with Crippen molar-refractivity contribution in [2.24, 2.45) is 11.3 Å². The maximum absolute atomic E-state index is 5.44. The first-order chi connectivity index (χ1) is 7.57. The smallest absolute Gasteiger partial charge is 0.0594 e. The Balaban J connectivity index is 1.90.